The number of rotatable bonds is 2. The zero-order valence-electron chi connectivity index (χ0n) is 15.8. The fraction of sp³-hybridized carbons (Fsp3) is 0.714. The Bertz CT molecular complexity index is 632. The highest BCUT2D eigenvalue weighted by Crippen LogP contribution is 2.53. The summed E-state index contributed by atoms with van der Waals surface area (Å²) in [7, 11) is 1.62. The van der Waals surface area contributed by atoms with Crippen molar-refractivity contribution in [1.82, 2.24) is 0 Å². The van der Waals surface area contributed by atoms with Gasteiger partial charge in [0, 0.05) is 17.5 Å². The van der Waals surface area contributed by atoms with E-state index in [1.165, 1.54) is 12.0 Å². The number of methoxy groups -OCH3 is 1. The summed E-state index contributed by atoms with van der Waals surface area (Å²) in [5, 5.41) is 22.4. The van der Waals surface area contributed by atoms with Crippen LogP contribution in [0.2, 0.25) is 0 Å². The lowest BCUT2D eigenvalue weighted by Gasteiger charge is -2.49. The van der Waals surface area contributed by atoms with Gasteiger partial charge in [0.1, 0.15) is 0 Å². The van der Waals surface area contributed by atoms with E-state index in [2.05, 4.69) is 33.8 Å². The molecule has 2 atom stereocenters. The van der Waals surface area contributed by atoms with Crippen molar-refractivity contribution in [3.63, 3.8) is 0 Å². The summed E-state index contributed by atoms with van der Waals surface area (Å²) in [6.07, 6.45) is 5.49. The number of phenols is 1. The predicted octanol–water partition coefficient (Wildman–Crippen LogP) is 4.57. The Balaban J connectivity index is 2.11. The Morgan fingerprint density at radius 2 is 1.96 bits per heavy atom. The van der Waals surface area contributed by atoms with Gasteiger partial charge in [-0.1, -0.05) is 40.2 Å². The van der Waals surface area contributed by atoms with E-state index in [-0.39, 0.29) is 17.1 Å². The van der Waals surface area contributed by atoms with Gasteiger partial charge in [-0.3, -0.25) is 0 Å². The van der Waals surface area contributed by atoms with Crippen LogP contribution in [0, 0.1) is 11.3 Å². The van der Waals surface area contributed by atoms with E-state index in [9.17, 15) is 10.2 Å². The highest BCUT2D eigenvalue weighted by molar-refractivity contribution is 5.57. The maximum absolute atomic E-state index is 11.5. The molecule has 0 unspecified atom stereocenters. The molecule has 0 saturated heterocycles. The molecule has 2 aliphatic carbocycles. The second kappa shape index (κ2) is 5.94. The van der Waals surface area contributed by atoms with Gasteiger partial charge in [-0.25, -0.2) is 0 Å². The molecule has 1 aromatic carbocycles. The summed E-state index contributed by atoms with van der Waals surface area (Å²) in [5.41, 5.74) is 2.59. The van der Waals surface area contributed by atoms with E-state index in [0.717, 1.165) is 36.8 Å². The van der Waals surface area contributed by atoms with Gasteiger partial charge in [-0.15, -0.1) is 0 Å². The molecule has 134 valence electrons. The maximum atomic E-state index is 11.5. The normalized spacial score (nSPS) is 28.9. The van der Waals surface area contributed by atoms with E-state index >= 15 is 0 Å². The van der Waals surface area contributed by atoms with E-state index in [1.54, 1.807) is 7.11 Å². The molecule has 3 nitrogen and oxygen atoms in total. The van der Waals surface area contributed by atoms with Gasteiger partial charge in [0.25, 0.3) is 0 Å². The summed E-state index contributed by atoms with van der Waals surface area (Å²) < 4.78 is 5.52. The standard InChI is InChI=1S/C21H32O3/c1-13(2)15-11-14-7-8-17-20(3,4)9-6-10-21(17,23)12-16(14)18(22)19(15)24-5/h11,13,17,22-23H,6-10,12H2,1-5H3/t17-,21+/m0/s1. The van der Waals surface area contributed by atoms with Crippen LogP contribution in [0.4, 0.5) is 0 Å². The molecule has 0 aromatic heterocycles. The predicted molar refractivity (Wildman–Crippen MR) is 96.8 cm³/mol. The highest BCUT2D eigenvalue weighted by Gasteiger charge is 2.49. The third kappa shape index (κ3) is 2.71. The van der Waals surface area contributed by atoms with Gasteiger partial charge in [-0.05, 0) is 48.5 Å². The van der Waals surface area contributed by atoms with Crippen molar-refractivity contribution in [2.45, 2.75) is 77.7 Å². The van der Waals surface area contributed by atoms with E-state index < -0.39 is 5.60 Å². The fourth-order valence-electron chi connectivity index (χ4n) is 5.23. The largest absolute Gasteiger partial charge is 0.504 e. The SMILES string of the molecule is COc1c(C(C)C)cc2c(c1O)C[C@]1(O)CCCC(C)(C)[C@@H]1CC2. The van der Waals surface area contributed by atoms with Crippen molar-refractivity contribution < 1.29 is 14.9 Å². The van der Waals surface area contributed by atoms with Crippen LogP contribution < -0.4 is 4.74 Å². The first kappa shape index (κ1) is 17.6. The van der Waals surface area contributed by atoms with Crippen LogP contribution in [0.1, 0.15) is 76.0 Å². The molecule has 1 saturated carbocycles. The van der Waals surface area contributed by atoms with E-state index in [4.69, 9.17) is 4.74 Å². The third-order valence-corrected chi connectivity index (χ3v) is 6.51. The molecule has 1 aromatic rings. The van der Waals surface area contributed by atoms with Crippen LogP contribution in [-0.2, 0) is 12.8 Å². The van der Waals surface area contributed by atoms with Crippen LogP contribution in [0.15, 0.2) is 6.07 Å². The molecule has 0 aliphatic heterocycles. The second-order valence-electron chi connectivity index (χ2n) is 8.85. The van der Waals surface area contributed by atoms with Crippen LogP contribution in [0.5, 0.6) is 11.5 Å². The molecule has 0 amide bonds. The van der Waals surface area contributed by atoms with Gasteiger partial charge in [0.05, 0.1) is 12.7 Å². The molecular weight excluding hydrogens is 300 g/mol. The fourth-order valence-corrected chi connectivity index (χ4v) is 5.23. The number of hydrogen-bond acceptors (Lipinski definition) is 3. The summed E-state index contributed by atoms with van der Waals surface area (Å²) in [4.78, 5) is 0. The van der Waals surface area contributed by atoms with E-state index in [1.807, 2.05) is 0 Å². The highest BCUT2D eigenvalue weighted by atomic mass is 16.5. The van der Waals surface area contributed by atoms with Crippen molar-refractivity contribution >= 4 is 0 Å². The average Bonchev–Trinajstić information content (AvgIpc) is 2.64. The zero-order chi connectivity index (χ0) is 17.7. The summed E-state index contributed by atoms with van der Waals surface area (Å²) in [6.45, 7) is 8.82. The zero-order valence-corrected chi connectivity index (χ0v) is 15.8. The molecule has 2 aliphatic rings. The first-order valence-corrected chi connectivity index (χ1v) is 9.33. The Kier molecular flexibility index (Phi) is 4.36. The van der Waals surface area contributed by atoms with Crippen LogP contribution in [0.3, 0.4) is 0 Å². The number of ether oxygens (including phenoxy) is 1. The lowest BCUT2D eigenvalue weighted by atomic mass is 9.59. The molecule has 0 radical (unpaired) electrons. The van der Waals surface area contributed by atoms with Gasteiger partial charge < -0.3 is 14.9 Å². The lowest BCUT2D eigenvalue weighted by Crippen LogP contribution is -2.50. The topological polar surface area (TPSA) is 49.7 Å². The van der Waals surface area contributed by atoms with Crippen LogP contribution >= 0.6 is 0 Å². The van der Waals surface area contributed by atoms with Crippen molar-refractivity contribution in [1.29, 1.82) is 0 Å². The number of benzene rings is 1. The Morgan fingerprint density at radius 1 is 1.25 bits per heavy atom. The minimum Gasteiger partial charge on any atom is -0.504 e. The third-order valence-electron chi connectivity index (χ3n) is 6.51. The summed E-state index contributed by atoms with van der Waals surface area (Å²) >= 11 is 0. The Labute approximate surface area is 146 Å². The van der Waals surface area contributed by atoms with Crippen molar-refractivity contribution in [2.75, 3.05) is 7.11 Å². The maximum Gasteiger partial charge on any atom is 0.164 e. The molecule has 0 heterocycles. The van der Waals surface area contributed by atoms with Gasteiger partial charge in [0.2, 0.25) is 0 Å². The number of fused-ring (bicyclic) bond motifs is 2. The van der Waals surface area contributed by atoms with Crippen molar-refractivity contribution in [3.05, 3.63) is 22.8 Å². The number of phenolic OH excluding ortho intramolecular Hbond substituents is 1. The molecule has 0 bridgehead atoms. The quantitative estimate of drug-likeness (QED) is 0.834. The molecule has 3 heteroatoms. The van der Waals surface area contributed by atoms with E-state index in [0.29, 0.717) is 18.1 Å². The minimum absolute atomic E-state index is 0.148. The van der Waals surface area contributed by atoms with Crippen molar-refractivity contribution in [2.24, 2.45) is 11.3 Å². The monoisotopic (exact) mass is 332 g/mol. The van der Waals surface area contributed by atoms with Crippen LogP contribution in [-0.4, -0.2) is 22.9 Å². The summed E-state index contributed by atoms with van der Waals surface area (Å²) in [5.74, 6) is 1.40. The number of aryl methyl sites for hydroxylation is 1. The second-order valence-corrected chi connectivity index (χ2v) is 8.85. The molecule has 2 N–H and O–H groups in total. The minimum atomic E-state index is -0.713. The van der Waals surface area contributed by atoms with Gasteiger partial charge in [-0.2, -0.15) is 0 Å². The molecule has 0 spiro atoms. The van der Waals surface area contributed by atoms with Gasteiger partial charge >= 0.3 is 0 Å². The number of aliphatic hydroxyl groups is 1. The molecular formula is C21H32O3. The van der Waals surface area contributed by atoms with Crippen molar-refractivity contribution in [3.8, 4) is 11.5 Å². The molecule has 3 rings (SSSR count). The lowest BCUT2D eigenvalue weighted by molar-refractivity contribution is -0.102. The Hall–Kier alpha value is -1.22. The summed E-state index contributed by atoms with van der Waals surface area (Å²) in [6, 6.07) is 2.20. The number of hydrogen-bond donors (Lipinski definition) is 2. The smallest absolute Gasteiger partial charge is 0.164 e. The van der Waals surface area contributed by atoms with Crippen LogP contribution in [0.25, 0.3) is 0 Å². The molecule has 24 heavy (non-hydrogen) atoms. The first-order chi connectivity index (χ1) is 11.2. The van der Waals surface area contributed by atoms with Gasteiger partial charge in [0.15, 0.2) is 11.5 Å². The number of aromatic hydroxyl groups is 1. The Morgan fingerprint density at radius 3 is 2.58 bits per heavy atom. The first-order valence-electron chi connectivity index (χ1n) is 9.33. The average molecular weight is 332 g/mol. The molecule has 1 fully saturated rings.